The Morgan fingerprint density at radius 3 is 2.33 bits per heavy atom. The molecule has 100 valence electrons. The predicted octanol–water partition coefficient (Wildman–Crippen LogP) is 2.07. The lowest BCUT2D eigenvalue weighted by molar-refractivity contribution is 0.0852. The minimum Gasteiger partial charge on any atom is -0.392 e. The van der Waals surface area contributed by atoms with Crippen LogP contribution in [0.1, 0.15) is 18.4 Å². The number of anilines is 1. The van der Waals surface area contributed by atoms with Gasteiger partial charge in [0.25, 0.3) is 0 Å². The quantitative estimate of drug-likeness (QED) is 0.899. The molecule has 1 aliphatic heterocycles. The molecule has 1 aliphatic rings. The van der Waals surface area contributed by atoms with Gasteiger partial charge in [0.2, 0.25) is 0 Å². The summed E-state index contributed by atoms with van der Waals surface area (Å²) in [7, 11) is 1.69. The zero-order valence-corrected chi connectivity index (χ0v) is 10.3. The topological polar surface area (TPSA) is 32.7 Å². The van der Waals surface area contributed by atoms with Gasteiger partial charge in [0.15, 0.2) is 0 Å². The van der Waals surface area contributed by atoms with Crippen molar-refractivity contribution in [2.75, 3.05) is 25.2 Å². The van der Waals surface area contributed by atoms with E-state index in [1.807, 2.05) is 0 Å². The third-order valence-corrected chi connectivity index (χ3v) is 3.35. The Hall–Kier alpha value is -1.20. The maximum absolute atomic E-state index is 13.9. The molecule has 3 nitrogen and oxygen atoms in total. The smallest absolute Gasteiger partial charge is 0.149 e. The van der Waals surface area contributed by atoms with Crippen molar-refractivity contribution in [2.24, 2.45) is 0 Å². The summed E-state index contributed by atoms with van der Waals surface area (Å²) in [5.41, 5.74) is 0.216. The molecule has 1 heterocycles. The molecule has 1 fully saturated rings. The Morgan fingerprint density at radius 2 is 1.83 bits per heavy atom. The van der Waals surface area contributed by atoms with Gasteiger partial charge in [-0.25, -0.2) is 8.78 Å². The van der Waals surface area contributed by atoms with E-state index in [0.717, 1.165) is 12.8 Å². The molecule has 0 unspecified atom stereocenters. The first-order valence-electron chi connectivity index (χ1n) is 6.03. The first kappa shape index (κ1) is 13.2. The van der Waals surface area contributed by atoms with Gasteiger partial charge in [-0.2, -0.15) is 0 Å². The van der Waals surface area contributed by atoms with E-state index in [4.69, 9.17) is 9.84 Å². The number of hydrogen-bond donors (Lipinski definition) is 1. The van der Waals surface area contributed by atoms with Crippen molar-refractivity contribution in [3.63, 3.8) is 0 Å². The standard InChI is InChI=1S/C13H17F2NO2/c1-16(10-2-4-18-5-3-10)13-11(14)6-9(8-17)7-12(13)15/h6-7,10,17H,2-5,8H2,1H3. The summed E-state index contributed by atoms with van der Waals surface area (Å²) in [5.74, 6) is -1.26. The van der Waals surface area contributed by atoms with Crippen LogP contribution < -0.4 is 4.90 Å². The highest BCUT2D eigenvalue weighted by Gasteiger charge is 2.23. The molecule has 5 heteroatoms. The van der Waals surface area contributed by atoms with Crippen molar-refractivity contribution in [3.05, 3.63) is 29.3 Å². The number of halogens is 2. The summed E-state index contributed by atoms with van der Waals surface area (Å²) in [5, 5.41) is 8.90. The lowest BCUT2D eigenvalue weighted by Gasteiger charge is -2.33. The van der Waals surface area contributed by atoms with Crippen LogP contribution in [0.4, 0.5) is 14.5 Å². The van der Waals surface area contributed by atoms with E-state index in [1.54, 1.807) is 11.9 Å². The fourth-order valence-electron chi connectivity index (χ4n) is 2.30. The van der Waals surface area contributed by atoms with Crippen LogP contribution in [0.5, 0.6) is 0 Å². The summed E-state index contributed by atoms with van der Waals surface area (Å²) < 4.78 is 33.0. The molecule has 0 aliphatic carbocycles. The van der Waals surface area contributed by atoms with E-state index in [0.29, 0.717) is 13.2 Å². The highest BCUT2D eigenvalue weighted by molar-refractivity contribution is 5.51. The summed E-state index contributed by atoms with van der Waals surface area (Å²) >= 11 is 0. The number of rotatable bonds is 3. The van der Waals surface area contributed by atoms with E-state index < -0.39 is 11.6 Å². The fourth-order valence-corrected chi connectivity index (χ4v) is 2.30. The molecule has 0 radical (unpaired) electrons. The van der Waals surface area contributed by atoms with Crippen LogP contribution in [0, 0.1) is 11.6 Å². The Morgan fingerprint density at radius 1 is 1.28 bits per heavy atom. The van der Waals surface area contributed by atoms with Gasteiger partial charge in [-0.05, 0) is 30.5 Å². The summed E-state index contributed by atoms with van der Waals surface area (Å²) in [6, 6.07) is 2.44. The van der Waals surface area contributed by atoms with Crippen LogP contribution in [0.15, 0.2) is 12.1 Å². The second-order valence-corrected chi connectivity index (χ2v) is 4.52. The van der Waals surface area contributed by atoms with Crippen LogP contribution >= 0.6 is 0 Å². The van der Waals surface area contributed by atoms with E-state index in [2.05, 4.69) is 0 Å². The van der Waals surface area contributed by atoms with Crippen molar-refractivity contribution < 1.29 is 18.6 Å². The maximum atomic E-state index is 13.9. The van der Waals surface area contributed by atoms with Crippen LogP contribution in [-0.2, 0) is 11.3 Å². The highest BCUT2D eigenvalue weighted by atomic mass is 19.1. The van der Waals surface area contributed by atoms with Gasteiger partial charge >= 0.3 is 0 Å². The van der Waals surface area contributed by atoms with Gasteiger partial charge in [0.1, 0.15) is 17.3 Å². The molecule has 0 amide bonds. The first-order valence-corrected chi connectivity index (χ1v) is 6.03. The Kier molecular flexibility index (Phi) is 4.14. The Bertz CT molecular complexity index is 396. The molecule has 1 aromatic carbocycles. The van der Waals surface area contributed by atoms with Crippen molar-refractivity contribution in [3.8, 4) is 0 Å². The monoisotopic (exact) mass is 257 g/mol. The zero-order valence-electron chi connectivity index (χ0n) is 10.3. The minimum atomic E-state index is -0.631. The SMILES string of the molecule is CN(c1c(F)cc(CO)cc1F)C1CCOCC1. The number of ether oxygens (including phenoxy) is 1. The lowest BCUT2D eigenvalue weighted by Crippen LogP contribution is -2.37. The van der Waals surface area contributed by atoms with Gasteiger partial charge in [0.05, 0.1) is 6.61 Å². The second kappa shape index (κ2) is 5.63. The average molecular weight is 257 g/mol. The molecule has 1 N–H and O–H groups in total. The lowest BCUT2D eigenvalue weighted by atomic mass is 10.1. The molecule has 1 aromatic rings. The van der Waals surface area contributed by atoms with E-state index >= 15 is 0 Å². The summed E-state index contributed by atoms with van der Waals surface area (Å²) in [6.07, 6.45) is 1.52. The Labute approximate surface area is 105 Å². The third-order valence-electron chi connectivity index (χ3n) is 3.35. The van der Waals surface area contributed by atoms with Gasteiger partial charge in [-0.1, -0.05) is 0 Å². The minimum absolute atomic E-state index is 0.0286. The normalized spacial score (nSPS) is 16.9. The summed E-state index contributed by atoms with van der Waals surface area (Å²) in [4.78, 5) is 1.63. The molecular weight excluding hydrogens is 240 g/mol. The molecule has 18 heavy (non-hydrogen) atoms. The number of hydrogen-bond acceptors (Lipinski definition) is 3. The van der Waals surface area contributed by atoms with Crippen LogP contribution in [0.25, 0.3) is 0 Å². The predicted molar refractivity (Wildman–Crippen MR) is 64.5 cm³/mol. The molecular formula is C13H17F2NO2. The molecule has 0 saturated carbocycles. The molecule has 1 saturated heterocycles. The highest BCUT2D eigenvalue weighted by Crippen LogP contribution is 2.28. The Balaban J connectivity index is 2.26. The average Bonchev–Trinajstić information content (AvgIpc) is 2.38. The molecule has 0 bridgehead atoms. The van der Waals surface area contributed by atoms with Gasteiger partial charge in [-0.3, -0.25) is 0 Å². The third kappa shape index (κ3) is 2.62. The number of aliphatic hydroxyl groups is 1. The fraction of sp³-hybridized carbons (Fsp3) is 0.538. The molecule has 0 atom stereocenters. The first-order chi connectivity index (χ1) is 8.63. The number of benzene rings is 1. The number of nitrogens with zero attached hydrogens (tertiary/aromatic N) is 1. The van der Waals surface area contributed by atoms with Crippen molar-refractivity contribution in [2.45, 2.75) is 25.5 Å². The second-order valence-electron chi connectivity index (χ2n) is 4.52. The van der Waals surface area contributed by atoms with Crippen molar-refractivity contribution in [1.29, 1.82) is 0 Å². The molecule has 0 aromatic heterocycles. The van der Waals surface area contributed by atoms with Crippen LogP contribution in [0.3, 0.4) is 0 Å². The van der Waals surface area contributed by atoms with Crippen LogP contribution in [-0.4, -0.2) is 31.4 Å². The van der Waals surface area contributed by atoms with Crippen molar-refractivity contribution in [1.82, 2.24) is 0 Å². The maximum Gasteiger partial charge on any atom is 0.149 e. The zero-order chi connectivity index (χ0) is 13.1. The van der Waals surface area contributed by atoms with Gasteiger partial charge in [0, 0.05) is 26.3 Å². The van der Waals surface area contributed by atoms with E-state index in [9.17, 15) is 8.78 Å². The van der Waals surface area contributed by atoms with E-state index in [1.165, 1.54) is 12.1 Å². The van der Waals surface area contributed by atoms with E-state index in [-0.39, 0.29) is 23.9 Å². The molecule has 0 spiro atoms. The molecule has 2 rings (SSSR count). The van der Waals surface area contributed by atoms with Gasteiger partial charge < -0.3 is 14.7 Å². The van der Waals surface area contributed by atoms with Crippen molar-refractivity contribution >= 4 is 5.69 Å². The summed E-state index contributed by atoms with van der Waals surface area (Å²) in [6.45, 7) is 0.870. The van der Waals surface area contributed by atoms with Gasteiger partial charge in [-0.15, -0.1) is 0 Å². The largest absolute Gasteiger partial charge is 0.392 e. The van der Waals surface area contributed by atoms with Crippen LogP contribution in [0.2, 0.25) is 0 Å². The number of aliphatic hydroxyl groups excluding tert-OH is 1.